The number of piperidine rings is 1. The Bertz CT molecular complexity index is 918. The highest BCUT2D eigenvalue weighted by Crippen LogP contribution is 2.28. The van der Waals surface area contributed by atoms with Gasteiger partial charge in [-0.25, -0.2) is 0 Å². The second kappa shape index (κ2) is 9.22. The molecule has 0 radical (unpaired) electrons. The van der Waals surface area contributed by atoms with Crippen LogP contribution in [0.15, 0.2) is 36.8 Å². The summed E-state index contributed by atoms with van der Waals surface area (Å²) in [5.41, 5.74) is 1.28. The molecule has 2 aromatic heterocycles. The third kappa shape index (κ3) is 4.56. The number of hydrogen-bond donors (Lipinski definition) is 4. The summed E-state index contributed by atoms with van der Waals surface area (Å²) in [5, 5.41) is 14.7. The normalized spacial score (nSPS) is 17.1. The minimum absolute atomic E-state index is 0.0379. The Labute approximate surface area is 170 Å². The lowest BCUT2D eigenvalue weighted by atomic mass is 10.0. The number of rotatable bonds is 8. The van der Waals surface area contributed by atoms with E-state index in [1.165, 1.54) is 12.3 Å². The van der Waals surface area contributed by atoms with Crippen LogP contribution in [-0.2, 0) is 4.79 Å². The number of nitrogens with one attached hydrogen (secondary N) is 4. The highest BCUT2D eigenvalue weighted by Gasteiger charge is 2.27. The third-order valence-corrected chi connectivity index (χ3v) is 5.03. The van der Waals surface area contributed by atoms with E-state index in [2.05, 4.69) is 32.1 Å². The molecule has 1 fully saturated rings. The predicted molar refractivity (Wildman–Crippen MR) is 116 cm³/mol. The van der Waals surface area contributed by atoms with Crippen molar-refractivity contribution in [1.29, 1.82) is 5.41 Å². The average Bonchev–Trinajstić information content (AvgIpc) is 3.23. The van der Waals surface area contributed by atoms with Crippen LogP contribution in [0, 0.1) is 5.41 Å². The van der Waals surface area contributed by atoms with E-state index in [1.54, 1.807) is 6.20 Å². The summed E-state index contributed by atoms with van der Waals surface area (Å²) in [4.78, 5) is 28.4. The van der Waals surface area contributed by atoms with Crippen molar-refractivity contribution in [2.45, 2.75) is 25.8 Å². The van der Waals surface area contributed by atoms with Crippen LogP contribution >= 0.6 is 0 Å². The molecule has 0 saturated carbocycles. The standard InChI is InChI=1S/C20H28N8O/c1-4-17(29)28-10-6-7-15(13-28)27(3)19-16-8-9-23-18(16)25-20(26-19)24-14(11-21)12-22-5-2/h4,8-9,11-12,15,21-22H,1,5-7,10,13H2,2-3H3,(H2,23,24,25,26)/b14-12+,21-11?/t15-/m1/s1. The van der Waals surface area contributed by atoms with Gasteiger partial charge in [0.25, 0.3) is 0 Å². The number of allylic oxidation sites excluding steroid dienone is 1. The lowest BCUT2D eigenvalue weighted by molar-refractivity contribution is -0.127. The van der Waals surface area contributed by atoms with Crippen molar-refractivity contribution in [2.24, 2.45) is 0 Å². The maximum absolute atomic E-state index is 12.1. The SMILES string of the molecule is C=CC(=O)N1CCC[C@@H](N(C)c2nc(N/C(C=N)=C/NCC)nc3[nH]ccc23)C1. The summed E-state index contributed by atoms with van der Waals surface area (Å²) < 4.78 is 0. The van der Waals surface area contributed by atoms with E-state index in [4.69, 9.17) is 10.4 Å². The van der Waals surface area contributed by atoms with Gasteiger partial charge < -0.3 is 30.8 Å². The molecule has 1 aliphatic heterocycles. The lowest BCUT2D eigenvalue weighted by Crippen LogP contribution is -2.48. The first-order valence-electron chi connectivity index (χ1n) is 9.77. The quantitative estimate of drug-likeness (QED) is 0.401. The van der Waals surface area contributed by atoms with Crippen molar-refractivity contribution >= 4 is 34.9 Å². The predicted octanol–water partition coefficient (Wildman–Crippen LogP) is 2.08. The molecule has 0 bridgehead atoms. The fraction of sp³-hybridized carbons (Fsp3) is 0.400. The molecule has 0 unspecified atom stereocenters. The van der Waals surface area contributed by atoms with Crippen LogP contribution in [0.2, 0.25) is 0 Å². The molecule has 9 nitrogen and oxygen atoms in total. The van der Waals surface area contributed by atoms with Crippen molar-refractivity contribution in [3.05, 3.63) is 36.8 Å². The van der Waals surface area contributed by atoms with Gasteiger partial charge in [-0.3, -0.25) is 4.79 Å². The average molecular weight is 396 g/mol. The second-order valence-corrected chi connectivity index (χ2v) is 6.93. The van der Waals surface area contributed by atoms with Gasteiger partial charge in [-0.05, 0) is 31.9 Å². The van der Waals surface area contributed by atoms with E-state index in [-0.39, 0.29) is 11.9 Å². The molecule has 3 heterocycles. The number of carbonyl (C=O) groups excluding carboxylic acids is 1. The fourth-order valence-corrected chi connectivity index (χ4v) is 3.48. The van der Waals surface area contributed by atoms with Crippen molar-refractivity contribution in [2.75, 3.05) is 36.9 Å². The Morgan fingerprint density at radius 2 is 2.34 bits per heavy atom. The minimum atomic E-state index is -0.0379. The second-order valence-electron chi connectivity index (χ2n) is 6.93. The number of fused-ring (bicyclic) bond motifs is 1. The Morgan fingerprint density at radius 1 is 1.52 bits per heavy atom. The van der Waals surface area contributed by atoms with Crippen LogP contribution < -0.4 is 15.5 Å². The van der Waals surface area contributed by atoms with Gasteiger partial charge in [-0.2, -0.15) is 9.97 Å². The lowest BCUT2D eigenvalue weighted by Gasteiger charge is -2.38. The number of anilines is 2. The zero-order valence-electron chi connectivity index (χ0n) is 16.9. The first kappa shape index (κ1) is 20.4. The van der Waals surface area contributed by atoms with Crippen molar-refractivity contribution in [3.8, 4) is 0 Å². The molecular formula is C20H28N8O. The summed E-state index contributed by atoms with van der Waals surface area (Å²) in [6.07, 6.45) is 8.05. The number of amides is 1. The highest BCUT2D eigenvalue weighted by molar-refractivity contribution is 5.90. The Kier molecular flexibility index (Phi) is 6.48. The summed E-state index contributed by atoms with van der Waals surface area (Å²) in [6.45, 7) is 7.72. The zero-order valence-corrected chi connectivity index (χ0v) is 16.9. The Balaban J connectivity index is 1.89. The molecule has 1 amide bonds. The largest absolute Gasteiger partial charge is 0.389 e. The number of hydrogen-bond acceptors (Lipinski definition) is 7. The van der Waals surface area contributed by atoms with Crippen LogP contribution in [0.25, 0.3) is 11.0 Å². The van der Waals surface area contributed by atoms with Gasteiger partial charge in [0.05, 0.1) is 11.1 Å². The minimum Gasteiger partial charge on any atom is -0.389 e. The zero-order chi connectivity index (χ0) is 20.8. The molecule has 154 valence electrons. The first-order valence-corrected chi connectivity index (χ1v) is 9.77. The van der Waals surface area contributed by atoms with Crippen LogP contribution in [0.4, 0.5) is 11.8 Å². The van der Waals surface area contributed by atoms with Crippen LogP contribution in [-0.4, -0.2) is 64.7 Å². The molecule has 0 aliphatic carbocycles. The van der Waals surface area contributed by atoms with Crippen LogP contribution in [0.3, 0.4) is 0 Å². The molecule has 3 rings (SSSR count). The molecule has 1 saturated heterocycles. The summed E-state index contributed by atoms with van der Waals surface area (Å²) >= 11 is 0. The monoisotopic (exact) mass is 396 g/mol. The maximum Gasteiger partial charge on any atom is 0.246 e. The van der Waals surface area contributed by atoms with E-state index < -0.39 is 0 Å². The number of H-pyrrole nitrogens is 1. The Hall–Kier alpha value is -3.36. The first-order chi connectivity index (χ1) is 14.1. The van der Waals surface area contributed by atoms with Gasteiger partial charge in [-0.15, -0.1) is 0 Å². The van der Waals surface area contributed by atoms with Gasteiger partial charge in [0, 0.05) is 51.3 Å². The topological polar surface area (TPSA) is 113 Å². The summed E-state index contributed by atoms with van der Waals surface area (Å²) in [5.74, 6) is 1.15. The molecule has 2 aromatic rings. The fourth-order valence-electron chi connectivity index (χ4n) is 3.48. The van der Waals surface area contributed by atoms with Gasteiger partial charge in [0.15, 0.2) is 0 Å². The molecule has 0 aromatic carbocycles. The highest BCUT2D eigenvalue weighted by atomic mass is 16.2. The van der Waals surface area contributed by atoms with Crippen molar-refractivity contribution in [1.82, 2.24) is 25.2 Å². The van der Waals surface area contributed by atoms with E-state index in [0.29, 0.717) is 23.8 Å². The number of carbonyl (C=O) groups is 1. The smallest absolute Gasteiger partial charge is 0.246 e. The van der Waals surface area contributed by atoms with Gasteiger partial charge >= 0.3 is 0 Å². The van der Waals surface area contributed by atoms with Crippen molar-refractivity contribution in [3.63, 3.8) is 0 Å². The van der Waals surface area contributed by atoms with Crippen LogP contribution in [0.5, 0.6) is 0 Å². The number of nitrogens with zero attached hydrogens (tertiary/aromatic N) is 4. The molecular weight excluding hydrogens is 368 g/mol. The number of likely N-dealkylation sites (N-methyl/N-ethyl adjacent to an activating group) is 1. The molecule has 9 heteroatoms. The van der Waals surface area contributed by atoms with Gasteiger partial charge in [-0.1, -0.05) is 6.58 Å². The van der Waals surface area contributed by atoms with Gasteiger partial charge in [0.2, 0.25) is 11.9 Å². The Morgan fingerprint density at radius 3 is 3.07 bits per heavy atom. The van der Waals surface area contributed by atoms with Crippen LogP contribution in [0.1, 0.15) is 19.8 Å². The number of aromatic amines is 1. The molecule has 0 spiro atoms. The van der Waals surface area contributed by atoms with E-state index in [0.717, 1.165) is 37.1 Å². The van der Waals surface area contributed by atoms with Gasteiger partial charge in [0.1, 0.15) is 11.5 Å². The van der Waals surface area contributed by atoms with E-state index in [1.807, 2.05) is 31.1 Å². The maximum atomic E-state index is 12.1. The summed E-state index contributed by atoms with van der Waals surface area (Å²) in [6, 6.07) is 2.10. The molecule has 1 aliphatic rings. The number of likely N-dealkylation sites (tertiary alicyclic amines) is 1. The molecule has 4 N–H and O–H groups in total. The van der Waals surface area contributed by atoms with E-state index >= 15 is 0 Å². The van der Waals surface area contributed by atoms with Crippen molar-refractivity contribution < 1.29 is 4.79 Å². The third-order valence-electron chi connectivity index (χ3n) is 5.03. The summed E-state index contributed by atoms with van der Waals surface area (Å²) in [7, 11) is 2.00. The molecule has 1 atom stereocenters. The number of aromatic nitrogens is 3. The van der Waals surface area contributed by atoms with E-state index in [9.17, 15) is 4.79 Å². The molecule has 29 heavy (non-hydrogen) atoms.